The van der Waals surface area contributed by atoms with Crippen LogP contribution in [-0.4, -0.2) is 18.4 Å². The van der Waals surface area contributed by atoms with E-state index in [-0.39, 0.29) is 11.8 Å². The van der Waals surface area contributed by atoms with Crippen molar-refractivity contribution in [3.63, 3.8) is 0 Å². The number of rotatable bonds is 4. The molecule has 2 aromatic carbocycles. The highest BCUT2D eigenvalue weighted by Gasteiger charge is 2.21. The van der Waals surface area contributed by atoms with Gasteiger partial charge in [0.2, 0.25) is 11.8 Å². The van der Waals surface area contributed by atoms with Crippen molar-refractivity contribution in [2.24, 2.45) is 0 Å². The van der Waals surface area contributed by atoms with Crippen LogP contribution in [0.15, 0.2) is 60.7 Å². The summed E-state index contributed by atoms with van der Waals surface area (Å²) in [7, 11) is 0. The van der Waals surface area contributed by atoms with Gasteiger partial charge in [-0.15, -0.1) is 0 Å². The summed E-state index contributed by atoms with van der Waals surface area (Å²) in [6, 6.07) is 17.0. The molecule has 2 aromatic rings. The normalized spacial score (nSPS) is 14.4. The maximum Gasteiger partial charge on any atom is 0.248 e. The number of hydrogen-bond donors (Lipinski definition) is 1. The lowest BCUT2D eigenvalue weighted by molar-refractivity contribution is -0.117. The topological polar surface area (TPSA) is 49.4 Å². The summed E-state index contributed by atoms with van der Waals surface area (Å²) in [5.41, 5.74) is 2.49. The molecule has 0 unspecified atom stereocenters. The minimum atomic E-state index is -0.196. The van der Waals surface area contributed by atoms with E-state index in [1.165, 1.54) is 6.08 Å². The third kappa shape index (κ3) is 3.86. The predicted molar refractivity (Wildman–Crippen MR) is 92.1 cm³/mol. The molecular weight excluding hydrogens is 288 g/mol. The van der Waals surface area contributed by atoms with Gasteiger partial charge in [0, 0.05) is 30.4 Å². The summed E-state index contributed by atoms with van der Waals surface area (Å²) in [6.07, 6.45) is 4.75. The monoisotopic (exact) mass is 306 g/mol. The molecule has 1 aliphatic rings. The Kier molecular flexibility index (Phi) is 4.52. The molecule has 0 radical (unpaired) electrons. The van der Waals surface area contributed by atoms with Gasteiger partial charge in [-0.2, -0.15) is 0 Å². The van der Waals surface area contributed by atoms with Crippen LogP contribution in [0.2, 0.25) is 0 Å². The van der Waals surface area contributed by atoms with Gasteiger partial charge in [0.25, 0.3) is 0 Å². The molecule has 1 saturated heterocycles. The first-order chi connectivity index (χ1) is 11.2. The van der Waals surface area contributed by atoms with Crippen LogP contribution >= 0.6 is 0 Å². The summed E-state index contributed by atoms with van der Waals surface area (Å²) >= 11 is 0. The molecule has 1 aliphatic heterocycles. The number of hydrogen-bond acceptors (Lipinski definition) is 2. The standard InChI is InChI=1S/C19H18N2O2/c22-18(12-11-15-6-2-1-3-7-15)20-16-8-4-9-17(14-16)21-13-5-10-19(21)23/h1-4,6-9,11-12,14H,5,10,13H2,(H,20,22). The molecule has 0 atom stereocenters. The first-order valence-electron chi connectivity index (χ1n) is 7.67. The molecular formula is C19H18N2O2. The molecule has 4 heteroatoms. The summed E-state index contributed by atoms with van der Waals surface area (Å²) in [5.74, 6) is -0.0591. The van der Waals surface area contributed by atoms with E-state index in [4.69, 9.17) is 0 Å². The minimum Gasteiger partial charge on any atom is -0.322 e. The quantitative estimate of drug-likeness (QED) is 0.879. The second-order valence-electron chi connectivity index (χ2n) is 5.43. The lowest BCUT2D eigenvalue weighted by Crippen LogP contribution is -2.23. The fraction of sp³-hybridized carbons (Fsp3) is 0.158. The number of benzene rings is 2. The average Bonchev–Trinajstić information content (AvgIpc) is 3.00. The van der Waals surface area contributed by atoms with Gasteiger partial charge in [-0.1, -0.05) is 36.4 Å². The predicted octanol–water partition coefficient (Wildman–Crippen LogP) is 3.47. The fourth-order valence-corrected chi connectivity index (χ4v) is 2.59. The molecule has 1 heterocycles. The van der Waals surface area contributed by atoms with Crippen molar-refractivity contribution in [1.82, 2.24) is 0 Å². The van der Waals surface area contributed by atoms with Gasteiger partial charge in [0.1, 0.15) is 0 Å². The lowest BCUT2D eigenvalue weighted by Gasteiger charge is -2.16. The van der Waals surface area contributed by atoms with Crippen LogP contribution in [0.25, 0.3) is 6.08 Å². The number of anilines is 2. The van der Waals surface area contributed by atoms with Crippen molar-refractivity contribution in [3.05, 3.63) is 66.2 Å². The fourth-order valence-electron chi connectivity index (χ4n) is 2.59. The minimum absolute atomic E-state index is 0.137. The van der Waals surface area contributed by atoms with Crippen LogP contribution in [0, 0.1) is 0 Å². The zero-order valence-corrected chi connectivity index (χ0v) is 12.7. The zero-order chi connectivity index (χ0) is 16.1. The molecule has 23 heavy (non-hydrogen) atoms. The summed E-state index contributed by atoms with van der Waals surface area (Å²) in [5, 5.41) is 2.83. The molecule has 116 valence electrons. The van der Waals surface area contributed by atoms with Crippen LogP contribution < -0.4 is 10.2 Å². The SMILES string of the molecule is O=C(C=Cc1ccccc1)Nc1cccc(N2CCCC2=O)c1. The summed E-state index contributed by atoms with van der Waals surface area (Å²) in [4.78, 5) is 25.6. The Labute approximate surface area is 135 Å². The smallest absolute Gasteiger partial charge is 0.248 e. The van der Waals surface area contributed by atoms with Crippen molar-refractivity contribution in [2.45, 2.75) is 12.8 Å². The van der Waals surface area contributed by atoms with E-state index in [2.05, 4.69) is 5.32 Å². The second-order valence-corrected chi connectivity index (χ2v) is 5.43. The lowest BCUT2D eigenvalue weighted by atomic mass is 10.2. The Hall–Kier alpha value is -2.88. The molecule has 0 spiro atoms. The Bertz CT molecular complexity index is 738. The number of carbonyl (C=O) groups is 2. The number of carbonyl (C=O) groups excluding carboxylic acids is 2. The molecule has 0 aromatic heterocycles. The summed E-state index contributed by atoms with van der Waals surface area (Å²) < 4.78 is 0. The van der Waals surface area contributed by atoms with E-state index >= 15 is 0 Å². The van der Waals surface area contributed by atoms with E-state index in [0.717, 1.165) is 24.2 Å². The van der Waals surface area contributed by atoms with Gasteiger partial charge >= 0.3 is 0 Å². The molecule has 1 fully saturated rings. The van der Waals surface area contributed by atoms with Crippen molar-refractivity contribution < 1.29 is 9.59 Å². The third-order valence-electron chi connectivity index (χ3n) is 3.73. The molecule has 1 N–H and O–H groups in total. The molecule has 2 amide bonds. The average molecular weight is 306 g/mol. The zero-order valence-electron chi connectivity index (χ0n) is 12.7. The first-order valence-corrected chi connectivity index (χ1v) is 7.67. The van der Waals surface area contributed by atoms with E-state index in [9.17, 15) is 9.59 Å². The molecule has 0 saturated carbocycles. The molecule has 3 rings (SSSR count). The van der Waals surface area contributed by atoms with E-state index in [1.807, 2.05) is 54.6 Å². The van der Waals surface area contributed by atoms with Crippen LogP contribution in [0.5, 0.6) is 0 Å². The van der Waals surface area contributed by atoms with Crippen LogP contribution in [0.1, 0.15) is 18.4 Å². The van der Waals surface area contributed by atoms with Crippen LogP contribution in [0.4, 0.5) is 11.4 Å². The van der Waals surface area contributed by atoms with Gasteiger partial charge in [0.15, 0.2) is 0 Å². The van der Waals surface area contributed by atoms with Crippen molar-refractivity contribution in [3.8, 4) is 0 Å². The molecule has 0 bridgehead atoms. The van der Waals surface area contributed by atoms with E-state index in [1.54, 1.807) is 11.0 Å². The molecule has 0 aliphatic carbocycles. The third-order valence-corrected chi connectivity index (χ3v) is 3.73. The molecule has 4 nitrogen and oxygen atoms in total. The first kappa shape index (κ1) is 15.0. The van der Waals surface area contributed by atoms with Crippen molar-refractivity contribution in [1.29, 1.82) is 0 Å². The largest absolute Gasteiger partial charge is 0.322 e. The van der Waals surface area contributed by atoms with Crippen molar-refractivity contribution in [2.75, 3.05) is 16.8 Å². The van der Waals surface area contributed by atoms with Crippen LogP contribution in [-0.2, 0) is 9.59 Å². The van der Waals surface area contributed by atoms with Gasteiger partial charge in [-0.25, -0.2) is 0 Å². The highest BCUT2D eigenvalue weighted by atomic mass is 16.2. The van der Waals surface area contributed by atoms with E-state index < -0.39 is 0 Å². The van der Waals surface area contributed by atoms with Gasteiger partial charge in [-0.05, 0) is 36.3 Å². The number of nitrogens with one attached hydrogen (secondary N) is 1. The highest BCUT2D eigenvalue weighted by Crippen LogP contribution is 2.24. The van der Waals surface area contributed by atoms with E-state index in [0.29, 0.717) is 12.1 Å². The maximum absolute atomic E-state index is 12.0. The second kappa shape index (κ2) is 6.92. The Morgan fingerprint density at radius 3 is 2.65 bits per heavy atom. The Morgan fingerprint density at radius 2 is 1.91 bits per heavy atom. The van der Waals surface area contributed by atoms with Gasteiger partial charge in [0.05, 0.1) is 0 Å². The van der Waals surface area contributed by atoms with Gasteiger partial charge in [-0.3, -0.25) is 9.59 Å². The van der Waals surface area contributed by atoms with Crippen LogP contribution in [0.3, 0.4) is 0 Å². The summed E-state index contributed by atoms with van der Waals surface area (Å²) in [6.45, 7) is 0.740. The highest BCUT2D eigenvalue weighted by molar-refractivity contribution is 6.02. The Balaban J connectivity index is 1.67. The van der Waals surface area contributed by atoms with Gasteiger partial charge < -0.3 is 10.2 Å². The maximum atomic E-state index is 12.0. The number of nitrogens with zero attached hydrogens (tertiary/aromatic N) is 1. The van der Waals surface area contributed by atoms with Crippen molar-refractivity contribution >= 4 is 29.3 Å². The number of amides is 2. The Morgan fingerprint density at radius 1 is 1.09 bits per heavy atom.